The molecule has 0 saturated heterocycles. The maximum atomic E-state index is 10.3. The molecule has 0 bridgehead atoms. The minimum absolute atomic E-state index is 0.439. The minimum atomic E-state index is -1.70. The molecule has 0 aliphatic carbocycles. The van der Waals surface area contributed by atoms with Crippen LogP contribution in [0.15, 0.2) is 60.5 Å². The number of hydrogen-bond donors (Lipinski definition) is 1. The molecule has 23 heavy (non-hydrogen) atoms. The first kappa shape index (κ1) is 20.3. The molecular formula is C20H32OSSi. The number of allylic oxidation sites excluding steroid dienone is 1. The van der Waals surface area contributed by atoms with Crippen molar-refractivity contribution in [3.05, 3.63) is 55.6 Å². The van der Waals surface area contributed by atoms with Crippen LogP contribution in [0.1, 0.15) is 34.1 Å². The predicted octanol–water partition coefficient (Wildman–Crippen LogP) is 6.08. The molecule has 2 unspecified atom stereocenters. The lowest BCUT2D eigenvalue weighted by molar-refractivity contribution is 0.217. The molecule has 1 aromatic rings. The molecule has 1 N–H and O–H groups in total. The lowest BCUT2D eigenvalue weighted by Gasteiger charge is -2.45. The summed E-state index contributed by atoms with van der Waals surface area (Å²) in [5, 5.41) is 10.3. The zero-order valence-corrected chi connectivity index (χ0v) is 16.9. The largest absolute Gasteiger partial charge is 0.389 e. The molecule has 0 saturated carbocycles. The van der Waals surface area contributed by atoms with Gasteiger partial charge in [-0.1, -0.05) is 58.0 Å². The highest BCUT2D eigenvalue weighted by Gasteiger charge is 2.46. The Morgan fingerprint density at radius 3 is 2.09 bits per heavy atom. The monoisotopic (exact) mass is 348 g/mol. The molecule has 0 fully saturated rings. The second-order valence-electron chi connectivity index (χ2n) is 6.87. The molecule has 0 radical (unpaired) electrons. The van der Waals surface area contributed by atoms with Crippen LogP contribution in [0.3, 0.4) is 0 Å². The van der Waals surface area contributed by atoms with E-state index < -0.39 is 14.2 Å². The summed E-state index contributed by atoms with van der Waals surface area (Å²) in [4.78, 5) is 1.73. The van der Waals surface area contributed by atoms with Crippen molar-refractivity contribution in [1.82, 2.24) is 0 Å². The van der Waals surface area contributed by atoms with E-state index in [1.807, 2.05) is 11.8 Å². The van der Waals surface area contributed by atoms with E-state index in [9.17, 15) is 5.11 Å². The number of thioether (sulfide) groups is 1. The first-order chi connectivity index (χ1) is 10.9. The molecule has 3 heteroatoms. The third-order valence-corrected chi connectivity index (χ3v) is 14.4. The third-order valence-electron chi connectivity index (χ3n) is 5.00. The molecule has 128 valence electrons. The fraction of sp³-hybridized carbons (Fsp3) is 0.500. The van der Waals surface area contributed by atoms with Gasteiger partial charge in [0, 0.05) is 9.77 Å². The average Bonchev–Trinajstić information content (AvgIpc) is 2.52. The highest BCUT2D eigenvalue weighted by molar-refractivity contribution is 8.01. The first-order valence-corrected chi connectivity index (χ1v) is 11.8. The van der Waals surface area contributed by atoms with E-state index in [4.69, 9.17) is 0 Å². The Kier molecular flexibility index (Phi) is 8.38. The van der Waals surface area contributed by atoms with Crippen molar-refractivity contribution in [3.8, 4) is 0 Å². The Labute approximate surface area is 147 Å². The fourth-order valence-corrected chi connectivity index (χ4v) is 13.0. The van der Waals surface area contributed by atoms with Crippen LogP contribution in [0, 0.1) is 0 Å². The van der Waals surface area contributed by atoms with E-state index in [0.717, 1.165) is 12.5 Å². The zero-order valence-electron chi connectivity index (χ0n) is 15.0. The van der Waals surface area contributed by atoms with E-state index in [1.54, 1.807) is 6.08 Å². The molecule has 1 aromatic carbocycles. The number of aliphatic hydroxyl groups excluding tert-OH is 1. The molecule has 0 aliphatic heterocycles. The third kappa shape index (κ3) is 5.10. The first-order valence-electron chi connectivity index (χ1n) is 8.51. The van der Waals surface area contributed by atoms with Gasteiger partial charge in [0.25, 0.3) is 0 Å². The van der Waals surface area contributed by atoms with Crippen LogP contribution >= 0.6 is 11.8 Å². The van der Waals surface area contributed by atoms with Crippen LogP contribution < -0.4 is 0 Å². The van der Waals surface area contributed by atoms with Crippen LogP contribution in [0.5, 0.6) is 0 Å². The summed E-state index contributed by atoms with van der Waals surface area (Å²) < 4.78 is 0. The van der Waals surface area contributed by atoms with Crippen molar-refractivity contribution < 1.29 is 5.11 Å². The summed E-state index contributed by atoms with van der Waals surface area (Å²) in [6, 6.07) is 11.7. The SMILES string of the molecule is C=CC[Si](C(C)C)(C(C)C)C(CC(O)C=C)Sc1ccccc1. The number of benzene rings is 1. The quantitative estimate of drug-likeness (QED) is 0.314. The zero-order chi connectivity index (χ0) is 17.5. The normalized spacial score (nSPS) is 14.7. The summed E-state index contributed by atoms with van der Waals surface area (Å²) in [6.07, 6.45) is 4.11. The molecule has 0 spiro atoms. The lowest BCUT2D eigenvalue weighted by Crippen LogP contribution is -2.52. The Balaban J connectivity index is 3.25. The number of aliphatic hydroxyl groups is 1. The van der Waals surface area contributed by atoms with Crippen LogP contribution in [-0.2, 0) is 0 Å². The van der Waals surface area contributed by atoms with Gasteiger partial charge >= 0.3 is 0 Å². The Morgan fingerprint density at radius 1 is 1.09 bits per heavy atom. The van der Waals surface area contributed by atoms with Gasteiger partial charge in [-0.25, -0.2) is 0 Å². The van der Waals surface area contributed by atoms with E-state index in [0.29, 0.717) is 16.0 Å². The van der Waals surface area contributed by atoms with Crippen molar-refractivity contribution in [1.29, 1.82) is 0 Å². The van der Waals surface area contributed by atoms with E-state index >= 15 is 0 Å². The summed E-state index contributed by atoms with van der Waals surface area (Å²) in [7, 11) is -1.70. The standard InChI is InChI=1S/C20H32OSSi/c1-7-14-23(16(3)4,17(5)6)20(15-18(21)8-2)22-19-12-10-9-11-13-19/h7-13,16-18,20-21H,1-2,14-15H2,3-6H3. The molecular weight excluding hydrogens is 316 g/mol. The van der Waals surface area contributed by atoms with Crippen molar-refractivity contribution in [2.75, 3.05) is 0 Å². The van der Waals surface area contributed by atoms with E-state index in [-0.39, 0.29) is 0 Å². The summed E-state index contributed by atoms with van der Waals surface area (Å²) in [5.74, 6) is 0. The summed E-state index contributed by atoms with van der Waals surface area (Å²) in [5.41, 5.74) is 1.28. The highest BCUT2D eigenvalue weighted by Crippen LogP contribution is 2.47. The van der Waals surface area contributed by atoms with E-state index in [2.05, 4.69) is 77.3 Å². The average molecular weight is 349 g/mol. The number of hydrogen-bond acceptors (Lipinski definition) is 2. The van der Waals surface area contributed by atoms with Crippen LogP contribution in [0.2, 0.25) is 17.1 Å². The van der Waals surface area contributed by atoms with Gasteiger partial charge in [-0.15, -0.1) is 24.9 Å². The molecule has 0 heterocycles. The summed E-state index contributed by atoms with van der Waals surface area (Å²) in [6.45, 7) is 17.2. The Morgan fingerprint density at radius 2 is 1.65 bits per heavy atom. The fourth-order valence-electron chi connectivity index (χ4n) is 3.62. The van der Waals surface area contributed by atoms with Gasteiger partial charge in [0.2, 0.25) is 0 Å². The molecule has 0 aromatic heterocycles. The maximum absolute atomic E-state index is 10.3. The molecule has 1 rings (SSSR count). The smallest absolute Gasteiger partial charge is 0.0771 e. The molecule has 0 aliphatic rings. The van der Waals surface area contributed by atoms with Gasteiger partial charge in [0.05, 0.1) is 14.2 Å². The van der Waals surface area contributed by atoms with Crippen LogP contribution in [0.25, 0.3) is 0 Å². The predicted molar refractivity (Wildman–Crippen MR) is 108 cm³/mol. The van der Waals surface area contributed by atoms with Gasteiger partial charge in [0.15, 0.2) is 0 Å². The van der Waals surface area contributed by atoms with Crippen molar-refractivity contribution in [2.45, 2.75) is 67.1 Å². The lowest BCUT2D eigenvalue weighted by atomic mass is 10.3. The van der Waals surface area contributed by atoms with Crippen molar-refractivity contribution >= 4 is 19.8 Å². The van der Waals surface area contributed by atoms with E-state index in [1.165, 1.54) is 4.90 Å². The minimum Gasteiger partial charge on any atom is -0.389 e. The number of rotatable bonds is 10. The maximum Gasteiger partial charge on any atom is 0.0771 e. The second kappa shape index (κ2) is 9.51. The molecule has 0 amide bonds. The van der Waals surface area contributed by atoms with Crippen LogP contribution in [0.4, 0.5) is 0 Å². The van der Waals surface area contributed by atoms with Gasteiger partial charge in [-0.3, -0.25) is 0 Å². The summed E-state index contributed by atoms with van der Waals surface area (Å²) >= 11 is 1.94. The highest BCUT2D eigenvalue weighted by atomic mass is 32.2. The Hall–Kier alpha value is -0.773. The topological polar surface area (TPSA) is 20.2 Å². The molecule has 1 nitrogen and oxygen atoms in total. The van der Waals surface area contributed by atoms with Crippen molar-refractivity contribution in [3.63, 3.8) is 0 Å². The van der Waals surface area contributed by atoms with Gasteiger partial charge in [-0.2, -0.15) is 0 Å². The van der Waals surface area contributed by atoms with Gasteiger partial charge < -0.3 is 5.11 Å². The molecule has 2 atom stereocenters. The Bertz CT molecular complexity index is 476. The second-order valence-corrected chi connectivity index (χ2v) is 14.2. The van der Waals surface area contributed by atoms with Crippen molar-refractivity contribution in [2.24, 2.45) is 0 Å². The van der Waals surface area contributed by atoms with Crippen LogP contribution in [-0.4, -0.2) is 24.2 Å². The van der Waals surface area contributed by atoms with Gasteiger partial charge in [0.1, 0.15) is 0 Å². The van der Waals surface area contributed by atoms with Gasteiger partial charge in [-0.05, 0) is 35.7 Å².